The summed E-state index contributed by atoms with van der Waals surface area (Å²) in [5.74, 6) is 0.402. The van der Waals surface area contributed by atoms with Gasteiger partial charge in [-0.3, -0.25) is 0 Å². The highest BCUT2D eigenvalue weighted by Gasteiger charge is 2.29. The molecule has 0 unspecified atom stereocenters. The van der Waals surface area contributed by atoms with E-state index in [4.69, 9.17) is 90.1 Å². The predicted molar refractivity (Wildman–Crippen MR) is 256 cm³/mol. The second kappa shape index (κ2) is 24.2. The van der Waals surface area contributed by atoms with E-state index in [0.717, 1.165) is 0 Å². The Morgan fingerprint density at radius 1 is 0.257 bits per heavy atom. The maximum Gasteiger partial charge on any atom is 0.261 e. The van der Waals surface area contributed by atoms with Crippen LogP contribution in [0.2, 0.25) is 0 Å². The highest BCUT2D eigenvalue weighted by atomic mass is 35.7. The molecule has 0 fully saturated rings. The molecule has 3 aliphatic rings. The molecule has 0 saturated heterocycles. The van der Waals surface area contributed by atoms with E-state index in [1.54, 1.807) is 0 Å². The van der Waals surface area contributed by atoms with Crippen molar-refractivity contribution >= 4 is 78.9 Å². The van der Waals surface area contributed by atoms with Gasteiger partial charge in [-0.25, -0.2) is 33.7 Å². The van der Waals surface area contributed by atoms with Crippen LogP contribution in [0, 0.1) is 0 Å². The van der Waals surface area contributed by atoms with Gasteiger partial charge in [0.05, 0.1) is 98.9 Å². The Kier molecular flexibility index (Phi) is 18.9. The van der Waals surface area contributed by atoms with Crippen molar-refractivity contribution in [2.45, 2.75) is 45.3 Å². The first-order valence-electron chi connectivity index (χ1n) is 21.6. The van der Waals surface area contributed by atoms with Crippen LogP contribution in [-0.4, -0.2) is 139 Å². The zero-order chi connectivity index (χ0) is 50.1. The lowest BCUT2D eigenvalue weighted by molar-refractivity contribution is 0.00463. The minimum atomic E-state index is -4.53. The van der Waals surface area contributed by atoms with Gasteiger partial charge < -0.3 is 47.4 Å². The first-order valence-corrected chi connectivity index (χ1v) is 30.9. The average molecular weight is 1130 g/mol. The fraction of sp³-hybridized carbons (Fsp3) is 0.455. The van der Waals surface area contributed by atoms with Crippen LogP contribution in [0.4, 0.5) is 0 Å². The third kappa shape index (κ3) is 15.0. The molecule has 4 aromatic rings. The van der Waals surface area contributed by atoms with E-state index in [-0.39, 0.29) is 218 Å². The Balaban J connectivity index is 1.60. The van der Waals surface area contributed by atoms with E-state index in [1.807, 2.05) is 0 Å². The van der Waals surface area contributed by atoms with Crippen molar-refractivity contribution in [1.82, 2.24) is 0 Å². The number of hydrogen-bond acceptors (Lipinski definition) is 18. The number of rotatable bonds is 4. The molecule has 0 N–H and O–H groups in total. The SMILES string of the molecule is O=S(=O)(Cl)c1cc2c3c(c1)Cc1cc(S(=O)(=O)Cl)cc4c1OCCOCCOCCOCCOc1c(cc(S(=O)(=O)Cl)cc1Cc1cc(S(=O)(=O)Cl)cc(c1OCCOCCOCCOCCO3)C2)C4. The van der Waals surface area contributed by atoms with Gasteiger partial charge in [0, 0.05) is 113 Å². The molecular formula is C44H48Cl4O18S4. The predicted octanol–water partition coefficient (Wildman–Crippen LogP) is 5.72. The molecule has 0 saturated carbocycles. The summed E-state index contributed by atoms with van der Waals surface area (Å²) in [5, 5.41) is 0. The molecule has 70 heavy (non-hydrogen) atoms. The Morgan fingerprint density at radius 3 is 0.543 bits per heavy atom. The van der Waals surface area contributed by atoms with Gasteiger partial charge in [-0.05, 0) is 48.5 Å². The smallest absolute Gasteiger partial charge is 0.261 e. The van der Waals surface area contributed by atoms with Crippen molar-refractivity contribution in [3.63, 3.8) is 0 Å². The fourth-order valence-corrected chi connectivity index (χ4v) is 11.3. The van der Waals surface area contributed by atoms with Crippen LogP contribution in [-0.2, 0) is 90.3 Å². The lowest BCUT2D eigenvalue weighted by Gasteiger charge is -2.24. The number of ether oxygens (including phenoxy) is 10. The molecule has 26 heteroatoms. The molecule has 0 atom stereocenters. The van der Waals surface area contributed by atoms with Gasteiger partial charge in [0.1, 0.15) is 49.4 Å². The first kappa shape index (κ1) is 54.6. The lowest BCUT2D eigenvalue weighted by Crippen LogP contribution is -2.17. The largest absolute Gasteiger partial charge is 0.491 e. The maximum absolute atomic E-state index is 13.4. The molecule has 1 aliphatic carbocycles. The summed E-state index contributed by atoms with van der Waals surface area (Å²) in [4.78, 5) is -1.54. The summed E-state index contributed by atoms with van der Waals surface area (Å²) in [5.41, 5.74) is 1.26. The van der Waals surface area contributed by atoms with Crippen molar-refractivity contribution in [2.24, 2.45) is 0 Å². The third-order valence-corrected chi connectivity index (χ3v) is 16.2. The van der Waals surface area contributed by atoms with E-state index in [9.17, 15) is 33.7 Å². The zero-order valence-electron chi connectivity index (χ0n) is 37.3. The van der Waals surface area contributed by atoms with Gasteiger partial charge in [0.15, 0.2) is 0 Å². The van der Waals surface area contributed by atoms with Crippen molar-refractivity contribution in [3.05, 3.63) is 93.0 Å². The number of hydrogen-bond donors (Lipinski definition) is 0. The van der Waals surface area contributed by atoms with E-state index < -0.39 is 36.2 Å². The van der Waals surface area contributed by atoms with Crippen LogP contribution in [0.5, 0.6) is 23.0 Å². The van der Waals surface area contributed by atoms with Gasteiger partial charge >= 0.3 is 0 Å². The lowest BCUT2D eigenvalue weighted by atomic mass is 9.91. The molecule has 4 aromatic carbocycles. The molecule has 384 valence electrons. The summed E-state index contributed by atoms with van der Waals surface area (Å²) < 4.78 is 167. The van der Waals surface area contributed by atoms with E-state index in [0.29, 0.717) is 0 Å². The van der Waals surface area contributed by atoms with Crippen molar-refractivity contribution < 1.29 is 81.0 Å². The maximum atomic E-state index is 13.4. The standard InChI is InChI=1S/C44H48Cl4O18S4/c45-67(49,50)37-21-29-17-30-22-38(68(46,51)52)27-35-20-36-28-40(70(48,55)56)24-32-18-31-23-39(69(47,53)54)26-34(43(31)65-15-11-61-7-3-58-4-8-62-12-16-66-44(32)36)19-33(25-37)41(29)63-13-9-59-5-1-57-2-6-60-10-14-64-42(30)35/h21-28H,1-20H2. The molecule has 0 spiro atoms. The van der Waals surface area contributed by atoms with E-state index in [2.05, 4.69) is 0 Å². The molecule has 2 heterocycles. The second-order valence-corrected chi connectivity index (χ2v) is 26.1. The number of benzene rings is 4. The van der Waals surface area contributed by atoms with E-state index in [1.165, 1.54) is 48.5 Å². The molecular weight excluding hydrogens is 1090 g/mol. The third-order valence-electron chi connectivity index (χ3n) is 10.9. The van der Waals surface area contributed by atoms with Crippen LogP contribution in [0.3, 0.4) is 0 Å². The molecule has 2 aliphatic heterocycles. The highest BCUT2D eigenvalue weighted by molar-refractivity contribution is 8.14. The van der Waals surface area contributed by atoms with Crippen molar-refractivity contribution in [1.29, 1.82) is 0 Å². The van der Waals surface area contributed by atoms with Crippen LogP contribution in [0.25, 0.3) is 0 Å². The van der Waals surface area contributed by atoms with Gasteiger partial charge in [0.25, 0.3) is 36.2 Å². The summed E-state index contributed by atoms with van der Waals surface area (Å²) in [7, 11) is 6.26. The van der Waals surface area contributed by atoms with Crippen LogP contribution >= 0.6 is 42.7 Å². The van der Waals surface area contributed by atoms with Crippen LogP contribution in [0.1, 0.15) is 44.5 Å². The van der Waals surface area contributed by atoms with Crippen LogP contribution < -0.4 is 18.9 Å². The molecule has 0 aromatic heterocycles. The minimum absolute atomic E-state index is 0.0323. The highest BCUT2D eigenvalue weighted by Crippen LogP contribution is 2.43. The molecule has 0 radical (unpaired) electrons. The summed E-state index contributed by atoms with van der Waals surface area (Å²) in [6, 6.07) is 10.1. The summed E-state index contributed by atoms with van der Waals surface area (Å²) >= 11 is 0. The second-order valence-electron chi connectivity index (χ2n) is 15.8. The molecule has 7 rings (SSSR count). The summed E-state index contributed by atoms with van der Waals surface area (Å²) in [6.07, 6.45) is -1.21. The van der Waals surface area contributed by atoms with E-state index >= 15 is 0 Å². The van der Waals surface area contributed by atoms with Crippen LogP contribution in [0.15, 0.2) is 68.1 Å². The van der Waals surface area contributed by atoms with Gasteiger partial charge in [-0.2, -0.15) is 0 Å². The molecule has 0 amide bonds. The number of halogens is 4. The Bertz CT molecular complexity index is 2590. The monoisotopic (exact) mass is 1130 g/mol. The summed E-state index contributed by atoms with van der Waals surface area (Å²) in [6.45, 7) is 1.47. The normalized spacial score (nSPS) is 18.0. The molecule has 12 bridgehead atoms. The topological polar surface area (TPSA) is 229 Å². The van der Waals surface area contributed by atoms with Gasteiger partial charge in [-0.1, -0.05) is 0 Å². The Morgan fingerprint density at radius 2 is 0.400 bits per heavy atom. The Labute approximate surface area is 424 Å². The van der Waals surface area contributed by atoms with Gasteiger partial charge in [0.2, 0.25) is 0 Å². The Hall–Kier alpha value is -3.20. The zero-order valence-corrected chi connectivity index (χ0v) is 43.5. The molecule has 18 nitrogen and oxygen atoms in total. The minimum Gasteiger partial charge on any atom is -0.491 e. The fourth-order valence-electron chi connectivity index (χ4n) is 7.96. The van der Waals surface area contributed by atoms with Gasteiger partial charge in [-0.15, -0.1) is 0 Å². The first-order chi connectivity index (χ1) is 33.3. The van der Waals surface area contributed by atoms with Crippen molar-refractivity contribution in [3.8, 4) is 23.0 Å². The van der Waals surface area contributed by atoms with Crippen molar-refractivity contribution in [2.75, 3.05) is 106 Å². The average Bonchev–Trinajstić information content (AvgIpc) is 3.26. The quantitative estimate of drug-likeness (QED) is 0.196.